The van der Waals surface area contributed by atoms with Crippen LogP contribution in [0.3, 0.4) is 0 Å². The third kappa shape index (κ3) is 4.88. The predicted molar refractivity (Wildman–Crippen MR) is 98.2 cm³/mol. The van der Waals surface area contributed by atoms with Crippen LogP contribution in [0.5, 0.6) is 0 Å². The van der Waals surface area contributed by atoms with E-state index in [0.29, 0.717) is 43.8 Å². The first-order valence-electron chi connectivity index (χ1n) is 9.24. The van der Waals surface area contributed by atoms with E-state index >= 15 is 0 Å². The summed E-state index contributed by atoms with van der Waals surface area (Å²) >= 11 is 0. The molecule has 0 unspecified atom stereocenters. The molecule has 6 nitrogen and oxygen atoms in total. The highest BCUT2D eigenvalue weighted by molar-refractivity contribution is 5.80. The van der Waals surface area contributed by atoms with E-state index in [4.69, 9.17) is 4.42 Å². The van der Waals surface area contributed by atoms with Gasteiger partial charge in [0.2, 0.25) is 5.91 Å². The molecule has 1 saturated heterocycles. The molecule has 1 aromatic carbocycles. The summed E-state index contributed by atoms with van der Waals surface area (Å²) in [6, 6.07) is 6.51. The number of hydrogen-bond acceptors (Lipinski definition) is 3. The zero-order chi connectivity index (χ0) is 20.1. The number of carbonyl (C=O) groups is 2. The third-order valence-electron chi connectivity index (χ3n) is 4.95. The Labute approximate surface area is 161 Å². The number of urea groups is 1. The summed E-state index contributed by atoms with van der Waals surface area (Å²) in [5.74, 6) is -1.55. The summed E-state index contributed by atoms with van der Waals surface area (Å²) in [6.45, 7) is 2.99. The Balaban J connectivity index is 1.45. The second kappa shape index (κ2) is 8.86. The van der Waals surface area contributed by atoms with Crippen LogP contribution in [0.1, 0.15) is 37.1 Å². The highest BCUT2D eigenvalue weighted by atomic mass is 19.2. The number of nitrogens with zero attached hydrogens (tertiary/aromatic N) is 1. The van der Waals surface area contributed by atoms with Crippen LogP contribution in [-0.4, -0.2) is 29.9 Å². The van der Waals surface area contributed by atoms with Crippen LogP contribution in [0.25, 0.3) is 0 Å². The Morgan fingerprint density at radius 2 is 1.96 bits per heavy atom. The molecule has 1 aliphatic heterocycles. The second-order valence-corrected chi connectivity index (χ2v) is 6.90. The molecule has 3 amide bonds. The van der Waals surface area contributed by atoms with Gasteiger partial charge in [-0.2, -0.15) is 0 Å². The average Bonchev–Trinajstić information content (AvgIpc) is 3.22. The summed E-state index contributed by atoms with van der Waals surface area (Å²) in [5, 5.41) is 5.63. The smallest absolute Gasteiger partial charge is 0.317 e. The lowest BCUT2D eigenvalue weighted by atomic mass is 9.95. The molecule has 150 valence electrons. The predicted octanol–water partition coefficient (Wildman–Crippen LogP) is 3.36. The minimum atomic E-state index is -0.938. The van der Waals surface area contributed by atoms with Crippen LogP contribution in [0.4, 0.5) is 13.6 Å². The van der Waals surface area contributed by atoms with Gasteiger partial charge in [-0.05, 0) is 49.6 Å². The van der Waals surface area contributed by atoms with Gasteiger partial charge in [0.1, 0.15) is 5.76 Å². The standard InChI is InChI=1S/C20H23F2N3O3/c1-13(15-4-5-17(21)18(22)11-15)24-19(26)14-6-8-25(9-7-14)20(27)23-12-16-3-2-10-28-16/h2-5,10-11,13-14H,6-9,12H2,1H3,(H,23,27)(H,24,26)/t13-/m0/s1. The molecule has 8 heteroatoms. The third-order valence-corrected chi connectivity index (χ3v) is 4.95. The zero-order valence-electron chi connectivity index (χ0n) is 15.6. The van der Waals surface area contributed by atoms with Crippen LogP contribution in [0, 0.1) is 17.6 Å². The highest BCUT2D eigenvalue weighted by Gasteiger charge is 2.28. The molecule has 0 saturated carbocycles. The van der Waals surface area contributed by atoms with Crippen molar-refractivity contribution >= 4 is 11.9 Å². The number of halogens is 2. The Morgan fingerprint density at radius 1 is 1.21 bits per heavy atom. The van der Waals surface area contributed by atoms with Gasteiger partial charge in [0, 0.05) is 19.0 Å². The molecule has 3 rings (SSSR count). The molecular weight excluding hydrogens is 368 g/mol. The van der Waals surface area contributed by atoms with E-state index in [0.717, 1.165) is 12.1 Å². The van der Waals surface area contributed by atoms with Crippen molar-refractivity contribution in [2.75, 3.05) is 13.1 Å². The van der Waals surface area contributed by atoms with Crippen molar-refractivity contribution in [1.29, 1.82) is 0 Å². The molecule has 2 N–H and O–H groups in total. The van der Waals surface area contributed by atoms with Gasteiger partial charge >= 0.3 is 6.03 Å². The monoisotopic (exact) mass is 391 g/mol. The fraction of sp³-hybridized carbons (Fsp3) is 0.400. The molecule has 2 heterocycles. The van der Waals surface area contributed by atoms with Crippen molar-refractivity contribution in [2.24, 2.45) is 5.92 Å². The molecule has 1 aromatic heterocycles. The molecule has 2 aromatic rings. The van der Waals surface area contributed by atoms with Crippen LogP contribution in [0.15, 0.2) is 41.0 Å². The SMILES string of the molecule is C[C@H](NC(=O)C1CCN(C(=O)NCc2ccco2)CC1)c1ccc(F)c(F)c1. The number of furan rings is 1. The van der Waals surface area contributed by atoms with Crippen molar-refractivity contribution < 1.29 is 22.8 Å². The van der Waals surface area contributed by atoms with Gasteiger partial charge in [0.15, 0.2) is 11.6 Å². The quantitative estimate of drug-likeness (QED) is 0.821. The van der Waals surface area contributed by atoms with E-state index in [-0.39, 0.29) is 17.9 Å². The van der Waals surface area contributed by atoms with Crippen molar-refractivity contribution in [3.63, 3.8) is 0 Å². The topological polar surface area (TPSA) is 74.6 Å². The van der Waals surface area contributed by atoms with Gasteiger partial charge in [-0.15, -0.1) is 0 Å². The van der Waals surface area contributed by atoms with E-state index in [1.54, 1.807) is 30.2 Å². The average molecular weight is 391 g/mol. The maximum atomic E-state index is 13.4. The molecular formula is C20H23F2N3O3. The summed E-state index contributed by atoms with van der Waals surface area (Å²) < 4.78 is 31.6. The van der Waals surface area contributed by atoms with Crippen molar-refractivity contribution in [2.45, 2.75) is 32.4 Å². The van der Waals surface area contributed by atoms with Gasteiger partial charge < -0.3 is 20.0 Å². The number of amides is 3. The fourth-order valence-electron chi connectivity index (χ4n) is 3.23. The van der Waals surface area contributed by atoms with E-state index in [2.05, 4.69) is 10.6 Å². The zero-order valence-corrected chi connectivity index (χ0v) is 15.6. The number of rotatable bonds is 5. The lowest BCUT2D eigenvalue weighted by molar-refractivity contribution is -0.126. The van der Waals surface area contributed by atoms with Gasteiger partial charge in [0.25, 0.3) is 0 Å². The molecule has 1 atom stereocenters. The Bertz CT molecular complexity index is 818. The first kappa shape index (κ1) is 19.9. The minimum absolute atomic E-state index is 0.145. The van der Waals surface area contributed by atoms with Crippen molar-refractivity contribution in [1.82, 2.24) is 15.5 Å². The van der Waals surface area contributed by atoms with Gasteiger partial charge in [-0.25, -0.2) is 13.6 Å². The van der Waals surface area contributed by atoms with Crippen molar-refractivity contribution in [3.8, 4) is 0 Å². The van der Waals surface area contributed by atoms with Gasteiger partial charge in [-0.3, -0.25) is 4.79 Å². The number of likely N-dealkylation sites (tertiary alicyclic amines) is 1. The molecule has 1 aliphatic rings. The molecule has 28 heavy (non-hydrogen) atoms. The van der Waals surface area contributed by atoms with Crippen LogP contribution in [-0.2, 0) is 11.3 Å². The summed E-state index contributed by atoms with van der Waals surface area (Å²) in [6.07, 6.45) is 2.64. The van der Waals surface area contributed by atoms with Gasteiger partial charge in [-0.1, -0.05) is 6.07 Å². The fourth-order valence-corrected chi connectivity index (χ4v) is 3.23. The minimum Gasteiger partial charge on any atom is -0.467 e. The van der Waals surface area contributed by atoms with Crippen LogP contribution in [0.2, 0.25) is 0 Å². The van der Waals surface area contributed by atoms with E-state index < -0.39 is 17.7 Å². The van der Waals surface area contributed by atoms with E-state index in [1.807, 2.05) is 0 Å². The summed E-state index contributed by atoms with van der Waals surface area (Å²) in [5.41, 5.74) is 0.502. The van der Waals surface area contributed by atoms with E-state index in [9.17, 15) is 18.4 Å². The summed E-state index contributed by atoms with van der Waals surface area (Å²) in [4.78, 5) is 26.4. The Morgan fingerprint density at radius 3 is 2.61 bits per heavy atom. The second-order valence-electron chi connectivity index (χ2n) is 6.90. The van der Waals surface area contributed by atoms with Crippen molar-refractivity contribution in [3.05, 3.63) is 59.6 Å². The lowest BCUT2D eigenvalue weighted by Crippen LogP contribution is -2.46. The Hall–Kier alpha value is -2.90. The maximum absolute atomic E-state index is 13.4. The largest absolute Gasteiger partial charge is 0.467 e. The normalized spacial score (nSPS) is 15.9. The number of benzene rings is 1. The molecule has 0 bridgehead atoms. The number of nitrogens with one attached hydrogen (secondary N) is 2. The summed E-state index contributed by atoms with van der Waals surface area (Å²) in [7, 11) is 0. The number of hydrogen-bond donors (Lipinski definition) is 2. The molecule has 0 radical (unpaired) electrons. The van der Waals surface area contributed by atoms with E-state index in [1.165, 1.54) is 6.07 Å². The Kier molecular flexibility index (Phi) is 6.28. The number of carbonyl (C=O) groups excluding carboxylic acids is 2. The first-order valence-corrected chi connectivity index (χ1v) is 9.24. The lowest BCUT2D eigenvalue weighted by Gasteiger charge is -2.32. The molecule has 0 spiro atoms. The maximum Gasteiger partial charge on any atom is 0.317 e. The molecule has 1 fully saturated rings. The highest BCUT2D eigenvalue weighted by Crippen LogP contribution is 2.21. The van der Waals surface area contributed by atoms with Gasteiger partial charge in [0.05, 0.1) is 18.8 Å². The van der Waals surface area contributed by atoms with Crippen LogP contribution >= 0.6 is 0 Å². The first-order chi connectivity index (χ1) is 13.4. The number of piperidine rings is 1. The molecule has 0 aliphatic carbocycles. The van der Waals surface area contributed by atoms with Crippen LogP contribution < -0.4 is 10.6 Å².